The van der Waals surface area contributed by atoms with Gasteiger partial charge in [0, 0.05) is 43.0 Å². The highest BCUT2D eigenvalue weighted by atomic mass is 16.7. The van der Waals surface area contributed by atoms with Crippen LogP contribution in [0.4, 0.5) is 16.2 Å². The van der Waals surface area contributed by atoms with Crippen LogP contribution in [0.2, 0.25) is 0 Å². The molecule has 0 bridgehead atoms. The zero-order chi connectivity index (χ0) is 29.7. The van der Waals surface area contributed by atoms with Crippen molar-refractivity contribution >= 4 is 23.3 Å². The first-order valence-electron chi connectivity index (χ1n) is 14.2. The van der Waals surface area contributed by atoms with Gasteiger partial charge in [0.15, 0.2) is 0 Å². The number of benzene rings is 3. The van der Waals surface area contributed by atoms with E-state index in [4.69, 9.17) is 4.84 Å². The van der Waals surface area contributed by atoms with Crippen LogP contribution in [0.25, 0.3) is 0 Å². The van der Waals surface area contributed by atoms with Gasteiger partial charge < -0.3 is 26.0 Å². The Morgan fingerprint density at radius 1 is 1.00 bits per heavy atom. The number of amides is 3. The first kappa shape index (κ1) is 30.6. The van der Waals surface area contributed by atoms with Crippen LogP contribution in [-0.4, -0.2) is 67.5 Å². The first-order valence-corrected chi connectivity index (χ1v) is 14.2. The van der Waals surface area contributed by atoms with Crippen molar-refractivity contribution in [3.05, 3.63) is 96.1 Å². The van der Waals surface area contributed by atoms with Crippen LogP contribution in [0, 0.1) is 17.8 Å². The fourth-order valence-corrected chi connectivity index (χ4v) is 4.84. The number of urea groups is 1. The summed E-state index contributed by atoms with van der Waals surface area (Å²) < 4.78 is 0. The van der Waals surface area contributed by atoms with Gasteiger partial charge in [-0.3, -0.25) is 9.63 Å². The quantitative estimate of drug-likeness (QED) is 0.208. The molecule has 0 radical (unpaired) electrons. The molecule has 1 saturated heterocycles. The molecule has 1 aliphatic heterocycles. The van der Waals surface area contributed by atoms with Crippen molar-refractivity contribution in [2.45, 2.75) is 32.0 Å². The highest BCUT2D eigenvalue weighted by Gasteiger charge is 2.44. The lowest BCUT2D eigenvalue weighted by Gasteiger charge is -2.24. The molecule has 9 nitrogen and oxygen atoms in total. The van der Waals surface area contributed by atoms with E-state index in [9.17, 15) is 14.7 Å². The maximum absolute atomic E-state index is 13.3. The number of para-hydroxylation sites is 2. The predicted octanol–water partition coefficient (Wildman–Crippen LogP) is 3.62. The lowest BCUT2D eigenvalue weighted by atomic mass is 9.96. The largest absolute Gasteiger partial charge is 0.394 e. The van der Waals surface area contributed by atoms with Crippen molar-refractivity contribution in [1.82, 2.24) is 15.7 Å². The number of aliphatic hydroxyl groups excluding tert-OH is 1. The predicted molar refractivity (Wildman–Crippen MR) is 165 cm³/mol. The molecule has 3 atom stereocenters. The number of hydroxylamine groups is 2. The van der Waals surface area contributed by atoms with Crippen LogP contribution in [0.5, 0.6) is 0 Å². The molecule has 0 saturated carbocycles. The fraction of sp³-hybridized carbons (Fsp3) is 0.333. The Morgan fingerprint density at radius 3 is 2.48 bits per heavy atom. The van der Waals surface area contributed by atoms with Gasteiger partial charge in [0.1, 0.15) is 12.1 Å². The van der Waals surface area contributed by atoms with Gasteiger partial charge in [-0.25, -0.2) is 4.79 Å². The summed E-state index contributed by atoms with van der Waals surface area (Å²) in [7, 11) is 2.04. The van der Waals surface area contributed by atoms with E-state index < -0.39 is 12.1 Å². The summed E-state index contributed by atoms with van der Waals surface area (Å²) in [6.45, 7) is 3.67. The second-order valence-electron chi connectivity index (χ2n) is 10.3. The molecule has 42 heavy (non-hydrogen) atoms. The zero-order valence-electron chi connectivity index (χ0n) is 24.1. The Hall–Kier alpha value is -4.36. The molecule has 4 rings (SSSR count). The smallest absolute Gasteiger partial charge is 0.319 e. The van der Waals surface area contributed by atoms with Crippen molar-refractivity contribution in [3.8, 4) is 11.8 Å². The second-order valence-corrected chi connectivity index (χ2v) is 10.3. The number of hydrogen-bond donors (Lipinski definition) is 4. The van der Waals surface area contributed by atoms with Gasteiger partial charge in [-0.05, 0) is 48.4 Å². The molecule has 220 valence electrons. The van der Waals surface area contributed by atoms with E-state index in [-0.39, 0.29) is 31.0 Å². The van der Waals surface area contributed by atoms with Crippen LogP contribution in [0.1, 0.15) is 24.5 Å². The number of nitrogens with one attached hydrogen (secondary N) is 3. The van der Waals surface area contributed by atoms with Gasteiger partial charge in [0.2, 0.25) is 5.91 Å². The molecule has 9 heteroatoms. The lowest BCUT2D eigenvalue weighted by molar-refractivity contribution is -0.181. The van der Waals surface area contributed by atoms with Gasteiger partial charge in [-0.15, -0.1) is 0 Å². The van der Waals surface area contributed by atoms with Gasteiger partial charge in [0.25, 0.3) is 0 Å². The minimum Gasteiger partial charge on any atom is -0.394 e. The Bertz CT molecular complexity index is 1360. The van der Waals surface area contributed by atoms with Crippen molar-refractivity contribution in [1.29, 1.82) is 0 Å². The maximum atomic E-state index is 13.3. The van der Waals surface area contributed by atoms with E-state index in [2.05, 4.69) is 44.8 Å². The van der Waals surface area contributed by atoms with Gasteiger partial charge in [0.05, 0.1) is 19.7 Å². The number of nitrogens with zero attached hydrogens (tertiary/aromatic N) is 2. The van der Waals surface area contributed by atoms with E-state index in [1.807, 2.05) is 86.8 Å². The summed E-state index contributed by atoms with van der Waals surface area (Å²) >= 11 is 0. The summed E-state index contributed by atoms with van der Waals surface area (Å²) in [6.07, 6.45) is 0.340. The molecule has 0 unspecified atom stereocenters. The Kier molecular flexibility index (Phi) is 11.4. The van der Waals surface area contributed by atoms with Gasteiger partial charge in [-0.1, -0.05) is 67.3 Å². The van der Waals surface area contributed by atoms with Crippen LogP contribution >= 0.6 is 0 Å². The minimum absolute atomic E-state index is 0.114. The zero-order valence-corrected chi connectivity index (χ0v) is 24.1. The molecule has 0 spiro atoms. The van der Waals surface area contributed by atoms with Gasteiger partial charge >= 0.3 is 6.03 Å². The fourth-order valence-electron chi connectivity index (χ4n) is 4.84. The van der Waals surface area contributed by atoms with E-state index >= 15 is 0 Å². The summed E-state index contributed by atoms with van der Waals surface area (Å²) in [6, 6.07) is 26.2. The molecular weight excluding hydrogens is 530 g/mol. The Morgan fingerprint density at radius 2 is 1.74 bits per heavy atom. The molecule has 1 heterocycles. The molecular formula is C33H39N5O4. The Balaban J connectivity index is 1.29. The second kappa shape index (κ2) is 15.6. The molecule has 3 amide bonds. The third-order valence-corrected chi connectivity index (χ3v) is 7.15. The van der Waals surface area contributed by atoms with Crippen molar-refractivity contribution in [3.63, 3.8) is 0 Å². The first-order chi connectivity index (χ1) is 20.4. The topological polar surface area (TPSA) is 106 Å². The van der Waals surface area contributed by atoms with Crippen LogP contribution in [0.15, 0.2) is 84.9 Å². The van der Waals surface area contributed by atoms with Gasteiger partial charge in [-0.2, -0.15) is 5.06 Å². The molecule has 3 aromatic rings. The van der Waals surface area contributed by atoms with Crippen molar-refractivity contribution in [2.24, 2.45) is 5.92 Å². The lowest BCUT2D eigenvalue weighted by Crippen LogP contribution is -2.46. The highest BCUT2D eigenvalue weighted by Crippen LogP contribution is 2.29. The van der Waals surface area contributed by atoms with E-state index in [1.54, 1.807) is 5.06 Å². The summed E-state index contributed by atoms with van der Waals surface area (Å²) in [5.74, 6) is 5.74. The normalized spacial score (nSPS) is 18.0. The third-order valence-electron chi connectivity index (χ3n) is 7.15. The number of rotatable bonds is 11. The number of anilines is 2. The van der Waals surface area contributed by atoms with Crippen molar-refractivity contribution in [2.75, 3.05) is 43.5 Å². The SMILES string of the molecule is C[C@H]1[C@@H](CO)ON(Cc2cccc(C#CCNC(=O)Nc3ccccc3)c2)[C@H]1C(=O)NCCCN(C)c1ccccc1. The molecule has 4 N–H and O–H groups in total. The number of aliphatic hydroxyl groups is 1. The standard InChI is InChI=1S/C33H39N5O4/c1-25-30(24-39)42-38(31(25)32(40)34-20-11-21-37(2)29-17-7-4-8-18-29)23-27-13-9-12-26(22-27)14-10-19-35-33(41)36-28-15-5-3-6-16-28/h3-9,12-13,15-18,22,25,30-31,39H,11,19-21,23-24H2,1-2H3,(H,34,40)(H2,35,36,41)/t25-,30+,31+/m0/s1. The number of hydrogen-bond acceptors (Lipinski definition) is 6. The maximum Gasteiger partial charge on any atom is 0.319 e. The van der Waals surface area contributed by atoms with Crippen LogP contribution in [0.3, 0.4) is 0 Å². The Labute approximate surface area is 247 Å². The summed E-state index contributed by atoms with van der Waals surface area (Å²) in [5, 5.41) is 20.0. The van der Waals surface area contributed by atoms with Crippen LogP contribution < -0.4 is 20.9 Å². The molecule has 1 fully saturated rings. The molecule has 1 aliphatic rings. The summed E-state index contributed by atoms with van der Waals surface area (Å²) in [5.41, 5.74) is 3.55. The molecule has 3 aromatic carbocycles. The molecule has 0 aromatic heterocycles. The minimum atomic E-state index is -0.531. The monoisotopic (exact) mass is 569 g/mol. The van der Waals surface area contributed by atoms with Crippen LogP contribution in [-0.2, 0) is 16.2 Å². The van der Waals surface area contributed by atoms with E-state index in [0.29, 0.717) is 18.8 Å². The van der Waals surface area contributed by atoms with Crippen molar-refractivity contribution < 1.29 is 19.5 Å². The number of carbonyl (C=O) groups excluding carboxylic acids is 2. The summed E-state index contributed by atoms with van der Waals surface area (Å²) in [4.78, 5) is 33.5. The van der Waals surface area contributed by atoms with E-state index in [1.165, 1.54) is 0 Å². The highest BCUT2D eigenvalue weighted by molar-refractivity contribution is 5.89. The molecule has 0 aliphatic carbocycles. The average molecular weight is 570 g/mol. The third kappa shape index (κ3) is 8.82. The van der Waals surface area contributed by atoms with E-state index in [0.717, 1.165) is 29.8 Å². The number of carbonyl (C=O) groups is 2. The average Bonchev–Trinajstić information content (AvgIpc) is 3.32.